The zero-order chi connectivity index (χ0) is 18.8. The fraction of sp³-hybridized carbons (Fsp3) is 0.471. The summed E-state index contributed by atoms with van der Waals surface area (Å²) in [6.45, 7) is 4.90. The molecule has 1 aliphatic heterocycles. The lowest BCUT2D eigenvalue weighted by Gasteiger charge is -2.39. The van der Waals surface area contributed by atoms with Gasteiger partial charge in [-0.3, -0.25) is 9.56 Å². The van der Waals surface area contributed by atoms with Crippen molar-refractivity contribution >= 4 is 39.8 Å². The predicted molar refractivity (Wildman–Crippen MR) is 116 cm³/mol. The summed E-state index contributed by atoms with van der Waals surface area (Å²) >= 11 is 0. The van der Waals surface area contributed by atoms with E-state index in [1.165, 1.54) is 0 Å². The van der Waals surface area contributed by atoms with Crippen molar-refractivity contribution in [1.29, 1.82) is 0 Å². The fourth-order valence-electron chi connectivity index (χ4n) is 3.02. The van der Waals surface area contributed by atoms with Gasteiger partial charge in [0.15, 0.2) is 15.8 Å². The predicted octanol–water partition coefficient (Wildman–Crippen LogP) is 1.47. The number of guanidine groups is 1. The molecule has 2 aromatic heterocycles. The second-order valence-electron chi connectivity index (χ2n) is 6.86. The summed E-state index contributed by atoms with van der Waals surface area (Å²) in [7, 11) is -1.38. The Morgan fingerprint density at radius 3 is 2.78 bits per heavy atom. The van der Waals surface area contributed by atoms with E-state index in [1.54, 1.807) is 39.6 Å². The van der Waals surface area contributed by atoms with Crippen molar-refractivity contribution in [1.82, 2.24) is 24.8 Å². The highest BCUT2D eigenvalue weighted by Crippen LogP contribution is 2.23. The van der Waals surface area contributed by atoms with Crippen molar-refractivity contribution in [2.45, 2.75) is 25.1 Å². The molecule has 0 aliphatic carbocycles. The van der Waals surface area contributed by atoms with Crippen LogP contribution >= 0.6 is 24.0 Å². The number of nitrogens with zero attached hydrogens (tertiary/aromatic N) is 5. The molecule has 0 radical (unpaired) electrons. The molecular formula is C17H25IN6O2S. The third-order valence-electron chi connectivity index (χ3n) is 4.61. The number of hydrogen-bond acceptors (Lipinski definition) is 5. The maximum atomic E-state index is 12.2. The van der Waals surface area contributed by atoms with Crippen LogP contribution < -0.4 is 5.32 Å². The van der Waals surface area contributed by atoms with Crippen LogP contribution in [-0.4, -0.2) is 64.4 Å². The Labute approximate surface area is 177 Å². The van der Waals surface area contributed by atoms with E-state index < -0.39 is 14.6 Å². The Morgan fingerprint density at radius 1 is 1.37 bits per heavy atom. The first-order valence-electron chi connectivity index (χ1n) is 8.44. The first-order chi connectivity index (χ1) is 12.3. The largest absolute Gasteiger partial charge is 0.352 e. The third kappa shape index (κ3) is 4.60. The molecule has 0 bridgehead atoms. The number of rotatable bonds is 3. The normalized spacial score (nSPS) is 18.6. The first kappa shape index (κ1) is 21.6. The highest BCUT2D eigenvalue weighted by Gasteiger charge is 2.40. The molecule has 1 N–H and O–H groups in total. The number of pyridine rings is 1. The molecule has 1 saturated heterocycles. The Kier molecular flexibility index (Phi) is 6.84. The number of halogens is 1. The molecule has 0 aromatic carbocycles. The molecule has 3 heterocycles. The number of hydrogen-bond donors (Lipinski definition) is 1. The van der Waals surface area contributed by atoms with Gasteiger partial charge < -0.3 is 10.2 Å². The molecule has 2 aromatic rings. The van der Waals surface area contributed by atoms with Crippen LogP contribution in [0, 0.1) is 0 Å². The molecule has 0 unspecified atom stereocenters. The van der Waals surface area contributed by atoms with Crippen molar-refractivity contribution in [2.24, 2.45) is 4.99 Å². The van der Waals surface area contributed by atoms with Gasteiger partial charge in [0.2, 0.25) is 0 Å². The molecule has 0 saturated carbocycles. The minimum atomic E-state index is -3.08. The number of aliphatic imine (C=N–C) groups is 1. The van der Waals surface area contributed by atoms with Gasteiger partial charge in [-0.05, 0) is 19.9 Å². The zero-order valence-corrected chi connectivity index (χ0v) is 18.8. The highest BCUT2D eigenvalue weighted by atomic mass is 127. The average molecular weight is 504 g/mol. The maximum Gasteiger partial charge on any atom is 0.193 e. The molecular weight excluding hydrogens is 479 g/mol. The van der Waals surface area contributed by atoms with Gasteiger partial charge in [-0.1, -0.05) is 6.07 Å². The van der Waals surface area contributed by atoms with E-state index in [-0.39, 0.29) is 29.7 Å². The summed E-state index contributed by atoms with van der Waals surface area (Å²) in [5.41, 5.74) is 0.996. The highest BCUT2D eigenvalue weighted by molar-refractivity contribution is 14.0. The second-order valence-corrected chi connectivity index (χ2v) is 9.60. The average Bonchev–Trinajstić information content (AvgIpc) is 3.13. The van der Waals surface area contributed by atoms with Gasteiger partial charge in [-0.25, -0.2) is 18.4 Å². The lowest BCUT2D eigenvalue weighted by Crippen LogP contribution is -2.57. The molecule has 8 nitrogen and oxygen atoms in total. The standard InChI is InChI=1S/C17H24N6O2S.HI/c1-17(2)12-22(9-10-26(17,24)25)16(18-3)21-11-14-5-4-6-20-15(14)23-8-7-19-13-23;/h4-8,13H,9-12H2,1-3H3,(H,18,21);1H. The second kappa shape index (κ2) is 8.55. The van der Waals surface area contributed by atoms with Crippen LogP contribution in [0.25, 0.3) is 5.82 Å². The summed E-state index contributed by atoms with van der Waals surface area (Å²) in [6, 6.07) is 3.88. The Balaban J connectivity index is 0.00000261. The van der Waals surface area contributed by atoms with Crippen LogP contribution in [0.5, 0.6) is 0 Å². The third-order valence-corrected chi connectivity index (χ3v) is 7.14. The minimum Gasteiger partial charge on any atom is -0.352 e. The van der Waals surface area contributed by atoms with Gasteiger partial charge in [0.05, 0.1) is 10.5 Å². The van der Waals surface area contributed by atoms with Gasteiger partial charge in [-0.15, -0.1) is 24.0 Å². The molecule has 1 aliphatic rings. The molecule has 148 valence electrons. The number of imidazole rings is 1. The van der Waals surface area contributed by atoms with E-state index in [2.05, 4.69) is 20.3 Å². The van der Waals surface area contributed by atoms with Crippen LogP contribution in [0.1, 0.15) is 19.4 Å². The summed E-state index contributed by atoms with van der Waals surface area (Å²) < 4.78 is 25.5. The van der Waals surface area contributed by atoms with Gasteiger partial charge in [0.1, 0.15) is 12.1 Å². The number of aromatic nitrogens is 3. The summed E-state index contributed by atoms with van der Waals surface area (Å²) in [5.74, 6) is 1.62. The molecule has 3 rings (SSSR count). The van der Waals surface area contributed by atoms with E-state index in [0.29, 0.717) is 25.6 Å². The molecule has 27 heavy (non-hydrogen) atoms. The minimum absolute atomic E-state index is 0. The van der Waals surface area contributed by atoms with Gasteiger partial charge in [0.25, 0.3) is 0 Å². The Bertz CT molecular complexity index is 896. The van der Waals surface area contributed by atoms with Gasteiger partial charge >= 0.3 is 0 Å². The summed E-state index contributed by atoms with van der Waals surface area (Å²) in [6.07, 6.45) is 7.00. The monoisotopic (exact) mass is 504 g/mol. The molecule has 10 heteroatoms. The van der Waals surface area contributed by atoms with Gasteiger partial charge in [0, 0.05) is 50.8 Å². The molecule has 1 fully saturated rings. The fourth-order valence-corrected chi connectivity index (χ4v) is 4.38. The van der Waals surface area contributed by atoms with Crippen LogP contribution in [0.3, 0.4) is 0 Å². The Hall–Kier alpha value is -1.69. The lowest BCUT2D eigenvalue weighted by atomic mass is 10.2. The smallest absolute Gasteiger partial charge is 0.193 e. The SMILES string of the molecule is CN=C(NCc1cccnc1-n1ccnc1)N1CCS(=O)(=O)C(C)(C)C1.I. The summed E-state index contributed by atoms with van der Waals surface area (Å²) in [5, 5.41) is 3.33. The maximum absolute atomic E-state index is 12.2. The van der Waals surface area contributed by atoms with Crippen molar-refractivity contribution in [2.75, 3.05) is 25.9 Å². The van der Waals surface area contributed by atoms with E-state index in [9.17, 15) is 8.42 Å². The van der Waals surface area contributed by atoms with Crippen LogP contribution in [0.15, 0.2) is 42.0 Å². The lowest BCUT2D eigenvalue weighted by molar-refractivity contribution is 0.353. The van der Waals surface area contributed by atoms with E-state index in [1.807, 2.05) is 27.8 Å². The van der Waals surface area contributed by atoms with Crippen LogP contribution in [0.2, 0.25) is 0 Å². The van der Waals surface area contributed by atoms with Crippen molar-refractivity contribution < 1.29 is 8.42 Å². The number of sulfone groups is 1. The van der Waals surface area contributed by atoms with Crippen LogP contribution in [0.4, 0.5) is 0 Å². The molecule has 0 amide bonds. The van der Waals surface area contributed by atoms with Crippen LogP contribution in [-0.2, 0) is 16.4 Å². The van der Waals surface area contributed by atoms with Crippen molar-refractivity contribution in [3.63, 3.8) is 0 Å². The van der Waals surface area contributed by atoms with Gasteiger partial charge in [-0.2, -0.15) is 0 Å². The van der Waals surface area contributed by atoms with Crippen molar-refractivity contribution in [3.05, 3.63) is 42.6 Å². The van der Waals surface area contributed by atoms with E-state index in [0.717, 1.165) is 11.4 Å². The topological polar surface area (TPSA) is 92.5 Å². The zero-order valence-electron chi connectivity index (χ0n) is 15.7. The van der Waals surface area contributed by atoms with E-state index >= 15 is 0 Å². The molecule has 0 atom stereocenters. The van der Waals surface area contributed by atoms with E-state index in [4.69, 9.17) is 0 Å². The first-order valence-corrected chi connectivity index (χ1v) is 10.1. The number of nitrogens with one attached hydrogen (secondary N) is 1. The quantitative estimate of drug-likeness (QED) is 0.387. The Morgan fingerprint density at radius 2 is 2.15 bits per heavy atom. The van der Waals surface area contributed by atoms with Crippen molar-refractivity contribution in [3.8, 4) is 5.82 Å². The molecule has 0 spiro atoms. The summed E-state index contributed by atoms with van der Waals surface area (Å²) in [4.78, 5) is 14.8.